The lowest BCUT2D eigenvalue weighted by Gasteiger charge is -2.31. The van der Waals surface area contributed by atoms with Crippen LogP contribution in [0.5, 0.6) is 0 Å². The SMILES string of the molecule is CCOC(=O)C1(C(=O)OCC)N[C@@]2(C(=O)N(Cc3ccc(C(C)(C)C)cc3)c3c(Br)cccc32)[C@H](C(=O)OC)[C@H]1C(=O)OC. The van der Waals surface area contributed by atoms with Gasteiger partial charge >= 0.3 is 23.9 Å². The second-order valence-electron chi connectivity index (χ2n) is 11.7. The summed E-state index contributed by atoms with van der Waals surface area (Å²) in [6.45, 7) is 9.07. The fourth-order valence-electron chi connectivity index (χ4n) is 6.18. The monoisotopic (exact) mass is 672 g/mol. The molecule has 12 heteroatoms. The third-order valence-corrected chi connectivity index (χ3v) is 8.83. The summed E-state index contributed by atoms with van der Waals surface area (Å²) in [7, 11) is 2.15. The van der Waals surface area contributed by atoms with Gasteiger partial charge in [0.15, 0.2) is 0 Å². The molecule has 1 amide bonds. The smallest absolute Gasteiger partial charge is 0.339 e. The number of carbonyl (C=O) groups is 5. The first-order chi connectivity index (χ1) is 20.8. The zero-order valence-corrected chi connectivity index (χ0v) is 27.4. The molecule has 1 N–H and O–H groups in total. The molecule has 2 heterocycles. The average molecular weight is 674 g/mol. The van der Waals surface area contributed by atoms with Gasteiger partial charge < -0.3 is 23.8 Å². The zero-order valence-electron chi connectivity index (χ0n) is 25.8. The van der Waals surface area contributed by atoms with Crippen molar-refractivity contribution in [3.05, 3.63) is 63.6 Å². The molecule has 236 valence electrons. The maximum atomic E-state index is 14.9. The van der Waals surface area contributed by atoms with Crippen LogP contribution in [0.3, 0.4) is 0 Å². The highest BCUT2D eigenvalue weighted by Crippen LogP contribution is 2.57. The van der Waals surface area contributed by atoms with Crippen molar-refractivity contribution in [1.82, 2.24) is 5.32 Å². The van der Waals surface area contributed by atoms with Crippen LogP contribution in [0.1, 0.15) is 51.3 Å². The molecule has 11 nitrogen and oxygen atoms in total. The van der Waals surface area contributed by atoms with Gasteiger partial charge in [-0.05, 0) is 52.4 Å². The minimum absolute atomic E-state index is 0.0743. The van der Waals surface area contributed by atoms with Crippen molar-refractivity contribution in [2.75, 3.05) is 32.3 Å². The second-order valence-corrected chi connectivity index (χ2v) is 12.5. The van der Waals surface area contributed by atoms with Gasteiger partial charge in [0.05, 0.1) is 39.7 Å². The van der Waals surface area contributed by atoms with Gasteiger partial charge in [0.2, 0.25) is 5.54 Å². The molecule has 2 aliphatic heterocycles. The van der Waals surface area contributed by atoms with E-state index >= 15 is 0 Å². The Balaban J connectivity index is 2.00. The quantitative estimate of drug-likeness (QED) is 0.252. The normalized spacial score (nSPS) is 22.0. The molecule has 0 radical (unpaired) electrons. The molecule has 3 atom stereocenters. The van der Waals surface area contributed by atoms with Crippen molar-refractivity contribution < 1.29 is 42.9 Å². The lowest BCUT2D eigenvalue weighted by Crippen LogP contribution is -2.65. The summed E-state index contributed by atoms with van der Waals surface area (Å²) < 4.78 is 21.3. The Kier molecular flexibility index (Phi) is 9.27. The molecular weight excluding hydrogens is 636 g/mol. The predicted molar refractivity (Wildman–Crippen MR) is 162 cm³/mol. The number of amides is 1. The first-order valence-corrected chi connectivity index (χ1v) is 15.0. The lowest BCUT2D eigenvalue weighted by molar-refractivity contribution is -0.175. The molecule has 1 fully saturated rings. The standard InChI is InChI=1S/C32H37BrN2O9/c1-8-43-28(39)32(29(40)44-9-2)23(26(37)42-7)22(25(36)41-6)31(34-32)20-11-10-12-21(33)24(20)35(27(31)38)17-18-13-15-19(16-14-18)30(3,4)5/h10-16,22-23,34H,8-9,17H2,1-7H3/t22-,23-,31+/m0/s1. The van der Waals surface area contributed by atoms with Crippen LogP contribution in [0.25, 0.3) is 0 Å². The van der Waals surface area contributed by atoms with Crippen molar-refractivity contribution in [3.63, 3.8) is 0 Å². The Bertz CT molecular complexity index is 1470. The number of fused-ring (bicyclic) bond motifs is 2. The van der Waals surface area contributed by atoms with Crippen LogP contribution in [0.2, 0.25) is 0 Å². The number of benzene rings is 2. The predicted octanol–water partition coefficient (Wildman–Crippen LogP) is 3.54. The van der Waals surface area contributed by atoms with E-state index in [0.29, 0.717) is 10.2 Å². The highest BCUT2D eigenvalue weighted by atomic mass is 79.9. The van der Waals surface area contributed by atoms with Crippen LogP contribution in [0.4, 0.5) is 5.69 Å². The third kappa shape index (κ3) is 5.07. The molecule has 0 unspecified atom stereocenters. The number of esters is 4. The number of halogens is 1. The Labute approximate surface area is 264 Å². The molecule has 2 aromatic rings. The van der Waals surface area contributed by atoms with Crippen LogP contribution in [0.15, 0.2) is 46.9 Å². The zero-order chi connectivity index (χ0) is 32.6. The van der Waals surface area contributed by atoms with Gasteiger partial charge in [-0.15, -0.1) is 0 Å². The Morgan fingerprint density at radius 3 is 1.93 bits per heavy atom. The van der Waals surface area contributed by atoms with Crippen molar-refractivity contribution in [3.8, 4) is 0 Å². The van der Waals surface area contributed by atoms with E-state index in [1.165, 1.54) is 18.7 Å². The summed E-state index contributed by atoms with van der Waals surface area (Å²) in [6, 6.07) is 12.8. The van der Waals surface area contributed by atoms with E-state index in [2.05, 4.69) is 42.0 Å². The van der Waals surface area contributed by atoms with E-state index in [1.807, 2.05) is 24.3 Å². The molecule has 44 heavy (non-hydrogen) atoms. The first kappa shape index (κ1) is 33.1. The van der Waals surface area contributed by atoms with Gasteiger partial charge in [-0.1, -0.05) is 57.2 Å². The van der Waals surface area contributed by atoms with Gasteiger partial charge in [-0.2, -0.15) is 0 Å². The summed E-state index contributed by atoms with van der Waals surface area (Å²) >= 11 is 3.55. The Hall–Kier alpha value is -3.77. The molecule has 2 aromatic carbocycles. The maximum Gasteiger partial charge on any atom is 0.339 e. The summed E-state index contributed by atoms with van der Waals surface area (Å²) in [6.07, 6.45) is 0. The van der Waals surface area contributed by atoms with Crippen LogP contribution < -0.4 is 10.2 Å². The second kappa shape index (κ2) is 12.3. The molecule has 0 saturated carbocycles. The maximum absolute atomic E-state index is 14.9. The summed E-state index contributed by atoms with van der Waals surface area (Å²) in [5.74, 6) is -8.81. The van der Waals surface area contributed by atoms with E-state index < -0.39 is 52.7 Å². The largest absolute Gasteiger partial charge is 0.469 e. The number of hydrogen-bond donors (Lipinski definition) is 1. The van der Waals surface area contributed by atoms with E-state index in [1.54, 1.807) is 18.2 Å². The van der Waals surface area contributed by atoms with Crippen LogP contribution in [0, 0.1) is 11.8 Å². The lowest BCUT2D eigenvalue weighted by atomic mass is 9.72. The third-order valence-electron chi connectivity index (χ3n) is 8.19. The number of methoxy groups -OCH3 is 2. The number of anilines is 1. The molecular formula is C32H37BrN2O9. The fraction of sp³-hybridized carbons (Fsp3) is 0.469. The number of ether oxygens (including phenoxy) is 4. The van der Waals surface area contributed by atoms with Crippen molar-refractivity contribution in [1.29, 1.82) is 0 Å². The number of nitrogens with zero attached hydrogens (tertiary/aromatic N) is 1. The number of hydrogen-bond acceptors (Lipinski definition) is 10. The highest BCUT2D eigenvalue weighted by Gasteiger charge is 2.79. The highest BCUT2D eigenvalue weighted by molar-refractivity contribution is 9.10. The van der Waals surface area contributed by atoms with E-state index in [4.69, 9.17) is 18.9 Å². The number of rotatable bonds is 8. The minimum atomic E-state index is -2.63. The number of nitrogens with one attached hydrogen (secondary N) is 1. The Morgan fingerprint density at radius 2 is 1.43 bits per heavy atom. The molecule has 0 bridgehead atoms. The van der Waals surface area contributed by atoms with Crippen molar-refractivity contribution >= 4 is 51.4 Å². The molecule has 2 aliphatic rings. The van der Waals surface area contributed by atoms with Crippen LogP contribution in [-0.4, -0.2) is 62.8 Å². The van der Waals surface area contributed by atoms with Gasteiger partial charge in [0, 0.05) is 10.0 Å². The minimum Gasteiger partial charge on any atom is -0.469 e. The summed E-state index contributed by atoms with van der Waals surface area (Å²) in [5.41, 5.74) is -2.31. The average Bonchev–Trinajstić information content (AvgIpc) is 3.44. The first-order valence-electron chi connectivity index (χ1n) is 14.3. The molecule has 0 aromatic heterocycles. The van der Waals surface area contributed by atoms with E-state index in [9.17, 15) is 24.0 Å². The van der Waals surface area contributed by atoms with Crippen LogP contribution in [-0.2, 0) is 60.4 Å². The van der Waals surface area contributed by atoms with E-state index in [-0.39, 0.29) is 30.7 Å². The van der Waals surface area contributed by atoms with Gasteiger partial charge in [0.25, 0.3) is 5.91 Å². The summed E-state index contributed by atoms with van der Waals surface area (Å²) in [4.78, 5) is 71.2. The molecule has 1 saturated heterocycles. The van der Waals surface area contributed by atoms with Crippen molar-refractivity contribution in [2.45, 2.75) is 57.7 Å². The molecule has 0 aliphatic carbocycles. The van der Waals surface area contributed by atoms with Gasteiger partial charge in [-0.3, -0.25) is 19.7 Å². The van der Waals surface area contributed by atoms with Gasteiger partial charge in [0.1, 0.15) is 17.4 Å². The number of para-hydroxylation sites is 1. The molecule has 1 spiro atoms. The Morgan fingerprint density at radius 1 is 0.886 bits per heavy atom. The van der Waals surface area contributed by atoms with Crippen molar-refractivity contribution in [2.24, 2.45) is 11.8 Å². The summed E-state index contributed by atoms with van der Waals surface area (Å²) in [5, 5.41) is 2.89. The fourth-order valence-corrected chi connectivity index (χ4v) is 6.76. The van der Waals surface area contributed by atoms with Crippen LogP contribution >= 0.6 is 15.9 Å². The van der Waals surface area contributed by atoms with Gasteiger partial charge in [-0.25, -0.2) is 9.59 Å². The number of carbonyl (C=O) groups excluding carboxylic acids is 5. The van der Waals surface area contributed by atoms with E-state index in [0.717, 1.165) is 25.3 Å². The molecule has 4 rings (SSSR count). The topological polar surface area (TPSA) is 138 Å².